The topological polar surface area (TPSA) is 161 Å². The second-order valence-corrected chi connectivity index (χ2v) is 7.08. The summed E-state index contributed by atoms with van der Waals surface area (Å²) >= 11 is 0. The van der Waals surface area contributed by atoms with Gasteiger partial charge in [0.15, 0.2) is 0 Å². The van der Waals surface area contributed by atoms with Crippen molar-refractivity contribution in [1.29, 1.82) is 0 Å². The molecule has 0 spiro atoms. The standard InChI is InChI=1S/C9H14N2O3S.CH4O3S/c1-6-2-3-7(15(11,13)14)4-8(6)9(12)5-10;1-5(2,3)4/h2-4,9,12H,5,10H2,1H3,(H2,11,13,14);1H3,(H,2,3,4). The van der Waals surface area contributed by atoms with Crippen LogP contribution in [0.15, 0.2) is 23.1 Å². The number of hydrogen-bond acceptors (Lipinski definition) is 6. The summed E-state index contributed by atoms with van der Waals surface area (Å²) in [5.74, 6) is 0. The first-order chi connectivity index (χ1) is 8.86. The molecular weight excluding hydrogens is 308 g/mol. The predicted octanol–water partition coefficient (Wildman–Crippen LogP) is -0.861. The van der Waals surface area contributed by atoms with E-state index in [0.29, 0.717) is 11.8 Å². The Morgan fingerprint density at radius 3 is 2.05 bits per heavy atom. The molecule has 6 N–H and O–H groups in total. The summed E-state index contributed by atoms with van der Waals surface area (Å²) in [5, 5.41) is 14.5. The molecule has 0 amide bonds. The molecular formula is C10H18N2O6S2. The summed E-state index contributed by atoms with van der Waals surface area (Å²) in [5.41, 5.74) is 6.57. The maximum absolute atomic E-state index is 11.1. The lowest BCUT2D eigenvalue weighted by Crippen LogP contribution is -2.16. The van der Waals surface area contributed by atoms with Crippen LogP contribution < -0.4 is 10.9 Å². The SMILES string of the molecule is CS(=O)(=O)O.Cc1ccc(S(N)(=O)=O)cc1C(O)CN. The minimum Gasteiger partial charge on any atom is -0.387 e. The van der Waals surface area contributed by atoms with Gasteiger partial charge in [-0.2, -0.15) is 8.42 Å². The third-order valence-electron chi connectivity index (χ3n) is 2.16. The molecule has 1 aromatic rings. The van der Waals surface area contributed by atoms with E-state index in [2.05, 4.69) is 0 Å². The number of aliphatic hydroxyl groups is 1. The maximum Gasteiger partial charge on any atom is 0.261 e. The Balaban J connectivity index is 0.000000621. The molecule has 20 heavy (non-hydrogen) atoms. The number of primary sulfonamides is 1. The molecule has 10 heteroatoms. The highest BCUT2D eigenvalue weighted by molar-refractivity contribution is 7.89. The number of rotatable bonds is 3. The first-order valence-electron chi connectivity index (χ1n) is 5.30. The van der Waals surface area contributed by atoms with Crippen LogP contribution in [0.1, 0.15) is 17.2 Å². The van der Waals surface area contributed by atoms with Gasteiger partial charge < -0.3 is 10.8 Å². The van der Waals surface area contributed by atoms with Crippen LogP contribution in [0.4, 0.5) is 0 Å². The summed E-state index contributed by atoms with van der Waals surface area (Å²) in [4.78, 5) is -0.0180. The van der Waals surface area contributed by atoms with Gasteiger partial charge in [-0.15, -0.1) is 0 Å². The highest BCUT2D eigenvalue weighted by atomic mass is 32.2. The third-order valence-corrected chi connectivity index (χ3v) is 3.07. The average molecular weight is 326 g/mol. The minimum absolute atomic E-state index is 0.0180. The lowest BCUT2D eigenvalue weighted by Gasteiger charge is -2.12. The van der Waals surface area contributed by atoms with E-state index in [1.165, 1.54) is 12.1 Å². The van der Waals surface area contributed by atoms with Crippen LogP contribution >= 0.6 is 0 Å². The van der Waals surface area contributed by atoms with Crippen LogP contribution in [-0.2, 0) is 20.1 Å². The number of aliphatic hydroxyl groups excluding tert-OH is 1. The van der Waals surface area contributed by atoms with Gasteiger partial charge in [-0.25, -0.2) is 13.6 Å². The molecule has 1 atom stereocenters. The Kier molecular flexibility index (Phi) is 6.74. The molecule has 0 aliphatic heterocycles. The van der Waals surface area contributed by atoms with E-state index in [9.17, 15) is 21.9 Å². The first kappa shape index (κ1) is 19.0. The normalized spacial score (nSPS) is 13.3. The molecule has 8 nitrogen and oxygen atoms in total. The fourth-order valence-corrected chi connectivity index (χ4v) is 1.83. The number of hydrogen-bond donors (Lipinski definition) is 4. The highest BCUT2D eigenvalue weighted by Gasteiger charge is 2.13. The zero-order chi connectivity index (χ0) is 16.1. The van der Waals surface area contributed by atoms with Crippen molar-refractivity contribution in [1.82, 2.24) is 0 Å². The lowest BCUT2D eigenvalue weighted by atomic mass is 10.0. The van der Waals surface area contributed by atoms with Crippen LogP contribution in [0.5, 0.6) is 0 Å². The molecule has 0 bridgehead atoms. The molecule has 1 rings (SSSR count). The second-order valence-electron chi connectivity index (χ2n) is 4.05. The Bertz CT molecular complexity index is 646. The van der Waals surface area contributed by atoms with Crippen LogP contribution in [-0.4, -0.2) is 39.3 Å². The van der Waals surface area contributed by atoms with Gasteiger partial charge in [0.05, 0.1) is 17.3 Å². The molecule has 116 valence electrons. The Hall–Kier alpha value is -1.04. The van der Waals surface area contributed by atoms with E-state index in [1.54, 1.807) is 13.0 Å². The third kappa shape index (κ3) is 7.53. The monoisotopic (exact) mass is 326 g/mol. The molecule has 0 aliphatic rings. The molecule has 1 aromatic carbocycles. The van der Waals surface area contributed by atoms with Crippen molar-refractivity contribution in [2.75, 3.05) is 12.8 Å². The number of aryl methyl sites for hydroxylation is 1. The quantitative estimate of drug-likeness (QED) is 0.525. The van der Waals surface area contributed by atoms with Crippen molar-refractivity contribution < 1.29 is 26.5 Å². The highest BCUT2D eigenvalue weighted by Crippen LogP contribution is 2.20. The van der Waals surface area contributed by atoms with Gasteiger partial charge in [-0.1, -0.05) is 6.07 Å². The average Bonchev–Trinajstić information content (AvgIpc) is 2.24. The fraction of sp³-hybridized carbons (Fsp3) is 0.400. The van der Waals surface area contributed by atoms with Gasteiger partial charge in [0.2, 0.25) is 10.0 Å². The van der Waals surface area contributed by atoms with Crippen molar-refractivity contribution in [2.24, 2.45) is 10.9 Å². The van der Waals surface area contributed by atoms with Crippen LogP contribution in [0.2, 0.25) is 0 Å². The van der Waals surface area contributed by atoms with Crippen molar-refractivity contribution in [2.45, 2.75) is 17.9 Å². The van der Waals surface area contributed by atoms with Crippen molar-refractivity contribution in [3.8, 4) is 0 Å². The van der Waals surface area contributed by atoms with E-state index in [1.807, 2.05) is 0 Å². The van der Waals surface area contributed by atoms with Gasteiger partial charge in [0.25, 0.3) is 10.1 Å². The van der Waals surface area contributed by atoms with Crippen molar-refractivity contribution in [3.05, 3.63) is 29.3 Å². The molecule has 1 unspecified atom stereocenters. The van der Waals surface area contributed by atoms with Gasteiger partial charge in [0.1, 0.15) is 0 Å². The molecule has 0 heterocycles. The second kappa shape index (κ2) is 7.11. The van der Waals surface area contributed by atoms with Gasteiger partial charge >= 0.3 is 0 Å². The minimum atomic E-state index is -3.74. The first-order valence-corrected chi connectivity index (χ1v) is 8.69. The molecule has 0 saturated heterocycles. The largest absolute Gasteiger partial charge is 0.387 e. The van der Waals surface area contributed by atoms with E-state index < -0.39 is 26.2 Å². The van der Waals surface area contributed by atoms with E-state index in [0.717, 1.165) is 5.56 Å². The van der Waals surface area contributed by atoms with Crippen LogP contribution in [0, 0.1) is 6.92 Å². The molecule has 0 radical (unpaired) electrons. The smallest absolute Gasteiger partial charge is 0.261 e. The van der Waals surface area contributed by atoms with Crippen molar-refractivity contribution >= 4 is 20.1 Å². The number of sulfonamides is 1. The Labute approximate surface area is 118 Å². The van der Waals surface area contributed by atoms with E-state index >= 15 is 0 Å². The van der Waals surface area contributed by atoms with E-state index in [-0.39, 0.29) is 11.4 Å². The number of nitrogens with two attached hydrogens (primary N) is 2. The lowest BCUT2D eigenvalue weighted by molar-refractivity contribution is 0.186. The fourth-order valence-electron chi connectivity index (χ4n) is 1.28. The molecule has 0 aliphatic carbocycles. The van der Waals surface area contributed by atoms with Gasteiger partial charge in [0, 0.05) is 6.54 Å². The molecule has 0 aromatic heterocycles. The van der Waals surface area contributed by atoms with Gasteiger partial charge in [-0.3, -0.25) is 4.55 Å². The molecule has 0 fully saturated rings. The summed E-state index contributed by atoms with van der Waals surface area (Å²) in [6.07, 6.45) is -0.154. The Morgan fingerprint density at radius 1 is 1.25 bits per heavy atom. The van der Waals surface area contributed by atoms with Crippen LogP contribution in [0.3, 0.4) is 0 Å². The summed E-state index contributed by atoms with van der Waals surface area (Å²) in [7, 11) is -7.40. The maximum atomic E-state index is 11.1. The summed E-state index contributed by atoms with van der Waals surface area (Å²) in [6, 6.07) is 4.34. The van der Waals surface area contributed by atoms with E-state index in [4.69, 9.17) is 15.4 Å². The van der Waals surface area contributed by atoms with Gasteiger partial charge in [-0.05, 0) is 30.2 Å². The Morgan fingerprint density at radius 2 is 1.70 bits per heavy atom. The zero-order valence-electron chi connectivity index (χ0n) is 11.0. The van der Waals surface area contributed by atoms with Crippen LogP contribution in [0.25, 0.3) is 0 Å². The molecule has 0 saturated carbocycles. The summed E-state index contributed by atoms with van der Waals surface area (Å²) in [6.45, 7) is 1.80. The summed E-state index contributed by atoms with van der Waals surface area (Å²) < 4.78 is 48.0. The number of benzene rings is 1. The predicted molar refractivity (Wildman–Crippen MR) is 74.0 cm³/mol. The zero-order valence-corrected chi connectivity index (χ0v) is 12.6. The van der Waals surface area contributed by atoms with Crippen molar-refractivity contribution in [3.63, 3.8) is 0 Å².